The maximum Gasteiger partial charge on any atom is 0.119 e. The quantitative estimate of drug-likeness (QED) is 0.800. The summed E-state index contributed by atoms with van der Waals surface area (Å²) in [4.78, 5) is 4.38. The van der Waals surface area contributed by atoms with Gasteiger partial charge in [0.15, 0.2) is 0 Å². The number of ether oxygens (including phenoxy) is 1. The molecule has 0 aliphatic rings. The van der Waals surface area contributed by atoms with Crippen LogP contribution < -0.4 is 5.32 Å². The molecule has 82 valence electrons. The van der Waals surface area contributed by atoms with E-state index in [1.165, 1.54) is 0 Å². The Kier molecular flexibility index (Phi) is 5.26. The number of rotatable bonds is 6. The molecule has 0 saturated carbocycles. The first-order valence-corrected chi connectivity index (χ1v) is 5.66. The smallest absolute Gasteiger partial charge is 0.119 e. The van der Waals surface area contributed by atoms with Crippen molar-refractivity contribution in [3.8, 4) is 6.07 Å². The zero-order chi connectivity index (χ0) is 11.1. The zero-order valence-corrected chi connectivity index (χ0v) is 9.80. The summed E-state index contributed by atoms with van der Waals surface area (Å²) in [6.07, 6.45) is 0.523. The molecule has 1 rings (SSSR count). The van der Waals surface area contributed by atoms with Crippen LogP contribution in [0.5, 0.6) is 0 Å². The number of thiazole rings is 1. The van der Waals surface area contributed by atoms with Gasteiger partial charge in [0.2, 0.25) is 0 Å². The number of nitriles is 1. The Bertz CT molecular complexity index is 332. The summed E-state index contributed by atoms with van der Waals surface area (Å²) in [5.41, 5.74) is 1.01. The van der Waals surface area contributed by atoms with E-state index in [1.54, 1.807) is 18.4 Å². The van der Waals surface area contributed by atoms with Gasteiger partial charge in [-0.1, -0.05) is 0 Å². The third-order valence-electron chi connectivity index (χ3n) is 1.90. The molecule has 0 aliphatic carbocycles. The van der Waals surface area contributed by atoms with Gasteiger partial charge in [0, 0.05) is 25.1 Å². The fourth-order valence-electron chi connectivity index (χ4n) is 1.11. The second kappa shape index (κ2) is 6.51. The topological polar surface area (TPSA) is 57.9 Å². The van der Waals surface area contributed by atoms with E-state index in [-0.39, 0.29) is 6.04 Å². The summed E-state index contributed by atoms with van der Waals surface area (Å²) in [7, 11) is 1.66. The number of nitrogens with one attached hydrogen (secondary N) is 1. The van der Waals surface area contributed by atoms with Crippen molar-refractivity contribution < 1.29 is 4.74 Å². The van der Waals surface area contributed by atoms with Gasteiger partial charge in [-0.2, -0.15) is 5.26 Å². The molecule has 15 heavy (non-hydrogen) atoms. The van der Waals surface area contributed by atoms with Crippen LogP contribution in [0.3, 0.4) is 0 Å². The van der Waals surface area contributed by atoms with E-state index in [1.807, 2.05) is 12.3 Å². The van der Waals surface area contributed by atoms with E-state index in [0.717, 1.165) is 10.7 Å². The van der Waals surface area contributed by atoms with Crippen LogP contribution in [0, 0.1) is 11.3 Å². The standard InChI is InChI=1S/C10H15N3OS/c1-8(3-4-11)12-5-9-7-15-10(13-9)6-14-2/h7-8,12H,3,5-6H2,1-2H3. The van der Waals surface area contributed by atoms with Crippen molar-refractivity contribution >= 4 is 11.3 Å². The lowest BCUT2D eigenvalue weighted by atomic mass is 10.2. The van der Waals surface area contributed by atoms with Crippen molar-refractivity contribution in [1.82, 2.24) is 10.3 Å². The van der Waals surface area contributed by atoms with Gasteiger partial charge in [-0.05, 0) is 6.92 Å². The van der Waals surface area contributed by atoms with Gasteiger partial charge in [0.25, 0.3) is 0 Å². The minimum Gasteiger partial charge on any atom is -0.378 e. The van der Waals surface area contributed by atoms with Gasteiger partial charge in [-0.15, -0.1) is 11.3 Å². The minimum atomic E-state index is 0.211. The predicted octanol–water partition coefficient (Wildman–Crippen LogP) is 1.68. The number of aromatic nitrogens is 1. The van der Waals surface area contributed by atoms with Crippen LogP contribution >= 0.6 is 11.3 Å². The van der Waals surface area contributed by atoms with E-state index in [0.29, 0.717) is 19.6 Å². The lowest BCUT2D eigenvalue weighted by molar-refractivity contribution is 0.184. The van der Waals surface area contributed by atoms with Crippen molar-refractivity contribution in [2.75, 3.05) is 7.11 Å². The molecular formula is C10H15N3OS. The molecule has 0 fully saturated rings. The van der Waals surface area contributed by atoms with Gasteiger partial charge in [0.1, 0.15) is 5.01 Å². The lowest BCUT2D eigenvalue weighted by Crippen LogP contribution is -2.24. The Balaban J connectivity index is 2.34. The fraction of sp³-hybridized carbons (Fsp3) is 0.600. The van der Waals surface area contributed by atoms with Gasteiger partial charge in [-0.3, -0.25) is 0 Å². The third kappa shape index (κ3) is 4.38. The molecule has 0 spiro atoms. The molecule has 0 radical (unpaired) electrons. The van der Waals surface area contributed by atoms with E-state index in [4.69, 9.17) is 10.00 Å². The number of hydrogen-bond acceptors (Lipinski definition) is 5. The highest BCUT2D eigenvalue weighted by molar-refractivity contribution is 7.09. The normalized spacial score (nSPS) is 12.3. The van der Waals surface area contributed by atoms with Crippen LogP contribution in [-0.2, 0) is 17.9 Å². The highest BCUT2D eigenvalue weighted by Gasteiger charge is 2.04. The Morgan fingerprint density at radius 3 is 3.20 bits per heavy atom. The second-order valence-corrected chi connectivity index (χ2v) is 4.25. The van der Waals surface area contributed by atoms with Crippen LogP contribution in [0.15, 0.2) is 5.38 Å². The summed E-state index contributed by atoms with van der Waals surface area (Å²) in [6.45, 7) is 3.27. The van der Waals surface area contributed by atoms with Crippen molar-refractivity contribution in [1.29, 1.82) is 5.26 Å². The molecule has 1 aromatic heterocycles. The predicted molar refractivity (Wildman–Crippen MR) is 59.4 cm³/mol. The average molecular weight is 225 g/mol. The third-order valence-corrected chi connectivity index (χ3v) is 2.77. The SMILES string of the molecule is COCc1nc(CNC(C)CC#N)cs1. The molecule has 5 heteroatoms. The zero-order valence-electron chi connectivity index (χ0n) is 8.99. The van der Waals surface area contributed by atoms with Crippen LogP contribution in [0.4, 0.5) is 0 Å². The van der Waals surface area contributed by atoms with E-state index in [2.05, 4.69) is 16.4 Å². The van der Waals surface area contributed by atoms with Crippen LogP contribution in [0.2, 0.25) is 0 Å². The molecule has 0 aromatic carbocycles. The number of hydrogen-bond donors (Lipinski definition) is 1. The average Bonchev–Trinajstić information content (AvgIpc) is 2.64. The van der Waals surface area contributed by atoms with Crippen molar-refractivity contribution in [3.05, 3.63) is 16.1 Å². The lowest BCUT2D eigenvalue weighted by Gasteiger charge is -2.07. The molecule has 1 heterocycles. The summed E-state index contributed by atoms with van der Waals surface area (Å²) >= 11 is 1.60. The van der Waals surface area contributed by atoms with Gasteiger partial charge in [-0.25, -0.2) is 4.98 Å². The van der Waals surface area contributed by atoms with Gasteiger partial charge < -0.3 is 10.1 Å². The van der Waals surface area contributed by atoms with Crippen molar-refractivity contribution in [2.24, 2.45) is 0 Å². The Hall–Kier alpha value is -0.960. The molecule has 4 nitrogen and oxygen atoms in total. The van der Waals surface area contributed by atoms with Crippen molar-refractivity contribution in [2.45, 2.75) is 32.5 Å². The molecule has 0 aliphatic heterocycles. The molecule has 1 atom stereocenters. The first kappa shape index (κ1) is 12.1. The second-order valence-electron chi connectivity index (χ2n) is 3.31. The van der Waals surface area contributed by atoms with Gasteiger partial charge >= 0.3 is 0 Å². The maximum absolute atomic E-state index is 8.49. The van der Waals surface area contributed by atoms with Gasteiger partial charge in [0.05, 0.1) is 24.8 Å². The Morgan fingerprint density at radius 1 is 1.73 bits per heavy atom. The van der Waals surface area contributed by atoms with Crippen LogP contribution in [0.1, 0.15) is 24.0 Å². The Morgan fingerprint density at radius 2 is 2.53 bits per heavy atom. The first-order valence-electron chi connectivity index (χ1n) is 4.78. The van der Waals surface area contributed by atoms with Crippen LogP contribution in [-0.4, -0.2) is 18.1 Å². The fourth-order valence-corrected chi connectivity index (χ4v) is 1.87. The van der Waals surface area contributed by atoms with E-state index < -0.39 is 0 Å². The molecule has 1 aromatic rings. The summed E-state index contributed by atoms with van der Waals surface area (Å²) in [5, 5.41) is 14.7. The molecule has 0 bridgehead atoms. The molecule has 1 N–H and O–H groups in total. The highest BCUT2D eigenvalue weighted by Crippen LogP contribution is 2.10. The molecular weight excluding hydrogens is 210 g/mol. The maximum atomic E-state index is 8.49. The largest absolute Gasteiger partial charge is 0.378 e. The monoisotopic (exact) mass is 225 g/mol. The van der Waals surface area contributed by atoms with E-state index in [9.17, 15) is 0 Å². The number of nitrogens with zero attached hydrogens (tertiary/aromatic N) is 2. The van der Waals surface area contributed by atoms with Crippen molar-refractivity contribution in [3.63, 3.8) is 0 Å². The molecule has 0 saturated heterocycles. The summed E-state index contributed by atoms with van der Waals surface area (Å²) in [5.74, 6) is 0. The highest BCUT2D eigenvalue weighted by atomic mass is 32.1. The molecule has 1 unspecified atom stereocenters. The minimum absolute atomic E-state index is 0.211. The number of methoxy groups -OCH3 is 1. The summed E-state index contributed by atoms with van der Waals surface area (Å²) < 4.78 is 4.99. The van der Waals surface area contributed by atoms with E-state index >= 15 is 0 Å². The molecule has 0 amide bonds. The first-order chi connectivity index (χ1) is 7.26. The Labute approximate surface area is 93.9 Å². The van der Waals surface area contributed by atoms with Crippen LogP contribution in [0.25, 0.3) is 0 Å². The summed E-state index contributed by atoms with van der Waals surface area (Å²) in [6, 6.07) is 2.34.